The van der Waals surface area contributed by atoms with Crippen LogP contribution in [0, 0.1) is 5.41 Å². The van der Waals surface area contributed by atoms with Gasteiger partial charge in [0.25, 0.3) is 5.91 Å². The van der Waals surface area contributed by atoms with Gasteiger partial charge in [-0.05, 0) is 66.4 Å². The van der Waals surface area contributed by atoms with Gasteiger partial charge in [-0.1, -0.05) is 11.3 Å². The number of thioether (sulfide) groups is 1. The minimum absolute atomic E-state index is 0.0248. The van der Waals surface area contributed by atoms with Crippen molar-refractivity contribution >= 4 is 50.3 Å². The van der Waals surface area contributed by atoms with Crippen molar-refractivity contribution in [3.63, 3.8) is 0 Å². The van der Waals surface area contributed by atoms with Crippen LogP contribution in [0.2, 0.25) is 0 Å². The fourth-order valence-electron chi connectivity index (χ4n) is 3.79. The number of carbonyl (C=O) groups excluding carboxylic acids is 2. The first-order chi connectivity index (χ1) is 20.2. The normalized spacial score (nSPS) is 11.1. The Morgan fingerprint density at radius 1 is 0.881 bits per heavy atom. The van der Waals surface area contributed by atoms with Crippen LogP contribution in [-0.2, 0) is 28.9 Å². The Morgan fingerprint density at radius 3 is 1.98 bits per heavy atom. The number of benzene rings is 2. The van der Waals surface area contributed by atoms with Gasteiger partial charge in [-0.15, -0.1) is 10.2 Å². The quantitative estimate of drug-likeness (QED) is 0.135. The second kappa shape index (κ2) is 16.3. The molecule has 0 atom stereocenters. The molecule has 0 unspecified atom stereocenters. The van der Waals surface area contributed by atoms with Crippen LogP contribution < -0.4 is 30.0 Å². The number of rotatable bonds is 14. The first kappa shape index (κ1) is 32.3. The number of nitrogens with one attached hydrogen (secondary N) is 2. The predicted octanol–water partition coefficient (Wildman–Crippen LogP) is 4.26. The molecule has 4 N–H and O–H groups in total. The molecule has 3 aromatic rings. The number of carbonyl (C=O) groups is 2. The number of aromatic nitrogens is 2. The Bertz CT molecular complexity index is 1380. The summed E-state index contributed by atoms with van der Waals surface area (Å²) < 4.78 is 20.9. The highest BCUT2D eigenvalue weighted by atomic mass is 32.2. The maximum atomic E-state index is 12.5. The van der Waals surface area contributed by atoms with Crippen LogP contribution in [0.5, 0.6) is 23.0 Å². The van der Waals surface area contributed by atoms with Crippen molar-refractivity contribution < 1.29 is 28.5 Å². The Kier molecular flexibility index (Phi) is 12.6. The van der Waals surface area contributed by atoms with Gasteiger partial charge in [-0.25, -0.2) is 0 Å². The molecule has 0 aliphatic heterocycles. The molecule has 224 valence electrons. The average molecular weight is 615 g/mol. The molecule has 2 aromatic carbocycles. The van der Waals surface area contributed by atoms with E-state index in [0.29, 0.717) is 51.6 Å². The molecular weight excluding hydrogens is 580 g/mol. The van der Waals surface area contributed by atoms with Crippen molar-refractivity contribution in [3.05, 3.63) is 52.5 Å². The van der Waals surface area contributed by atoms with E-state index in [1.165, 1.54) is 25.6 Å². The number of nitrogens with two attached hydrogens (primary N) is 1. The highest BCUT2D eigenvalue weighted by Crippen LogP contribution is 2.25. The molecule has 0 spiro atoms. The van der Waals surface area contributed by atoms with Crippen LogP contribution in [0.25, 0.3) is 0 Å². The minimum Gasteiger partial charge on any atom is -0.497 e. The third kappa shape index (κ3) is 10.7. The third-order valence-corrected chi connectivity index (χ3v) is 7.41. The summed E-state index contributed by atoms with van der Waals surface area (Å²) >= 11 is 2.28. The zero-order valence-electron chi connectivity index (χ0n) is 23.9. The van der Waals surface area contributed by atoms with Crippen molar-refractivity contribution in [1.82, 2.24) is 10.2 Å². The van der Waals surface area contributed by atoms with Crippen molar-refractivity contribution in [2.45, 2.75) is 38.5 Å². The molecule has 0 aliphatic rings. The van der Waals surface area contributed by atoms with E-state index in [2.05, 4.69) is 20.5 Å². The lowest BCUT2D eigenvalue weighted by atomic mass is 10.1. The van der Waals surface area contributed by atoms with Gasteiger partial charge < -0.3 is 30.0 Å². The molecule has 0 fully saturated rings. The Balaban J connectivity index is 1.38. The molecule has 0 aliphatic carbocycles. The first-order valence-electron chi connectivity index (χ1n) is 12.9. The van der Waals surface area contributed by atoms with Crippen LogP contribution in [0.1, 0.15) is 35.4 Å². The monoisotopic (exact) mass is 614 g/mol. The van der Waals surface area contributed by atoms with Gasteiger partial charge in [0.1, 0.15) is 28.0 Å². The molecule has 1 aromatic heterocycles. The van der Waals surface area contributed by atoms with E-state index >= 15 is 0 Å². The number of hydrogen-bond donors (Lipinski definition) is 3. The lowest BCUT2D eigenvalue weighted by Crippen LogP contribution is -2.14. The highest BCUT2D eigenvalue weighted by Gasteiger charge is 2.12. The van der Waals surface area contributed by atoms with Crippen LogP contribution >= 0.6 is 23.1 Å². The number of hydrogen-bond acceptors (Lipinski definition) is 11. The molecule has 0 saturated carbocycles. The van der Waals surface area contributed by atoms with E-state index in [4.69, 9.17) is 30.1 Å². The maximum absolute atomic E-state index is 12.5. The van der Waals surface area contributed by atoms with Crippen LogP contribution in [0.15, 0.2) is 41.4 Å². The van der Waals surface area contributed by atoms with Crippen molar-refractivity contribution in [3.8, 4) is 23.0 Å². The van der Waals surface area contributed by atoms with E-state index in [9.17, 15) is 9.59 Å². The Labute approximate surface area is 252 Å². The van der Waals surface area contributed by atoms with Gasteiger partial charge >= 0.3 is 0 Å². The summed E-state index contributed by atoms with van der Waals surface area (Å²) in [5.74, 6) is 1.72. The van der Waals surface area contributed by atoms with Gasteiger partial charge in [0, 0.05) is 18.6 Å². The molecule has 3 rings (SSSR count). The van der Waals surface area contributed by atoms with E-state index in [-0.39, 0.29) is 23.9 Å². The first-order valence-corrected chi connectivity index (χ1v) is 14.5. The second-order valence-corrected chi connectivity index (χ2v) is 11.1. The van der Waals surface area contributed by atoms with Crippen molar-refractivity contribution in [1.29, 1.82) is 5.41 Å². The van der Waals surface area contributed by atoms with Gasteiger partial charge in [0.15, 0.2) is 5.17 Å². The number of aryl methyl sites for hydroxylation is 1. The number of ether oxygens (including phenoxy) is 4. The lowest BCUT2D eigenvalue weighted by molar-refractivity contribution is -0.117. The summed E-state index contributed by atoms with van der Waals surface area (Å²) in [6.07, 6.45) is 2.79. The van der Waals surface area contributed by atoms with Crippen LogP contribution in [0.3, 0.4) is 0 Å². The predicted molar refractivity (Wildman–Crippen MR) is 165 cm³/mol. The molecule has 0 bridgehead atoms. The maximum Gasteiger partial charge on any atom is 0.252 e. The fourth-order valence-corrected chi connectivity index (χ4v) is 5.23. The topological polar surface area (TPSA) is 171 Å². The fraction of sp³-hybridized carbons (Fsp3) is 0.357. The minimum atomic E-state index is -0.425. The molecule has 42 heavy (non-hydrogen) atoms. The number of aliphatic imine (C=N–C) groups is 1. The zero-order valence-corrected chi connectivity index (χ0v) is 25.5. The van der Waals surface area contributed by atoms with Crippen LogP contribution in [0.4, 0.5) is 5.13 Å². The Morgan fingerprint density at radius 2 is 1.43 bits per heavy atom. The summed E-state index contributed by atoms with van der Waals surface area (Å²) in [6.45, 7) is 0. The molecule has 2 amide bonds. The summed E-state index contributed by atoms with van der Waals surface area (Å²) in [6, 6.07) is 10.5. The zero-order chi connectivity index (χ0) is 30.5. The molecule has 12 nitrogen and oxygen atoms in total. The standard InChI is InChI=1S/C28H34N6O6S2/c1-37-19-9-17(10-20(15-19)38-2)13-24(35)31-27(30)41-23(29)7-5-6-8-26-33-34-28(42-26)32-25(36)14-18-11-21(39-3)16-22(12-18)40-4/h9-12,15-16,29H,5-8,13-14H2,1-4H3,(H2,30,31,35)(H,32,34,36). The van der Waals surface area contributed by atoms with E-state index < -0.39 is 5.91 Å². The number of amides is 2. The lowest BCUT2D eigenvalue weighted by Gasteiger charge is -2.08. The summed E-state index contributed by atoms with van der Waals surface area (Å²) in [5.41, 5.74) is 7.33. The second-order valence-electron chi connectivity index (χ2n) is 8.92. The third-order valence-electron chi connectivity index (χ3n) is 5.76. The van der Waals surface area contributed by atoms with E-state index in [1.54, 1.807) is 50.6 Å². The number of methoxy groups -OCH3 is 4. The smallest absolute Gasteiger partial charge is 0.252 e. The Hall–Kier alpha value is -4.17. The number of nitrogens with zero attached hydrogens (tertiary/aromatic N) is 3. The highest BCUT2D eigenvalue weighted by molar-refractivity contribution is 8.26. The number of unbranched alkanes of at least 4 members (excludes halogenated alkanes) is 1. The van der Waals surface area contributed by atoms with Crippen LogP contribution in [-0.4, -0.2) is 60.7 Å². The molecule has 1 heterocycles. The number of amidine groups is 1. The largest absolute Gasteiger partial charge is 0.497 e. The van der Waals surface area contributed by atoms with E-state index in [1.807, 2.05) is 0 Å². The van der Waals surface area contributed by atoms with Crippen molar-refractivity contribution in [2.24, 2.45) is 10.7 Å². The SMILES string of the molecule is COc1cc(CC(=O)N=C(N)SC(=N)CCCCc2nnc(NC(=O)Cc3cc(OC)cc(OC)c3)s2)cc(OC)c1. The molecule has 14 heteroatoms. The summed E-state index contributed by atoms with van der Waals surface area (Å²) in [5, 5.41) is 20.7. The van der Waals surface area contributed by atoms with Crippen molar-refractivity contribution in [2.75, 3.05) is 33.8 Å². The van der Waals surface area contributed by atoms with Gasteiger partial charge in [0.2, 0.25) is 11.0 Å². The summed E-state index contributed by atoms with van der Waals surface area (Å²) in [4.78, 5) is 28.7. The van der Waals surface area contributed by atoms with Gasteiger partial charge in [0.05, 0.1) is 46.3 Å². The van der Waals surface area contributed by atoms with E-state index in [0.717, 1.165) is 35.2 Å². The molecular formula is C28H34N6O6S2. The number of anilines is 1. The van der Waals surface area contributed by atoms with Gasteiger partial charge in [-0.3, -0.25) is 15.0 Å². The molecule has 0 radical (unpaired) electrons. The molecule has 0 saturated heterocycles. The van der Waals surface area contributed by atoms with Gasteiger partial charge in [-0.2, -0.15) is 4.99 Å². The summed E-state index contributed by atoms with van der Waals surface area (Å²) in [7, 11) is 6.18. The average Bonchev–Trinajstić information content (AvgIpc) is 3.41.